The molecule has 0 unspecified atom stereocenters. The van der Waals surface area contributed by atoms with Gasteiger partial charge in [-0.25, -0.2) is 0 Å². The van der Waals surface area contributed by atoms with E-state index in [2.05, 4.69) is 15.8 Å². The molecule has 7 nitrogen and oxygen atoms in total. The minimum atomic E-state index is -0.522. The molecule has 130 valence electrons. The number of hydrogen-bond acceptors (Lipinski definition) is 5. The number of para-hydroxylation sites is 2. The number of benzene rings is 2. The second-order valence-corrected chi connectivity index (χ2v) is 6.07. The Balaban J connectivity index is 2.14. The maximum Gasteiger partial charge on any atom is 0.292 e. The van der Waals surface area contributed by atoms with Gasteiger partial charge in [0.25, 0.3) is 5.69 Å². The smallest absolute Gasteiger partial charge is 0.292 e. The van der Waals surface area contributed by atoms with Crippen LogP contribution in [0.25, 0.3) is 0 Å². The quantitative estimate of drug-likeness (QED) is 0.307. The predicted molar refractivity (Wildman–Crippen MR) is 103 cm³/mol. The van der Waals surface area contributed by atoms with Crippen molar-refractivity contribution < 1.29 is 10.0 Å². The Labute approximate surface area is 158 Å². The molecule has 0 spiro atoms. The zero-order valence-corrected chi connectivity index (χ0v) is 15.1. The second-order valence-electron chi connectivity index (χ2n) is 4.82. The van der Waals surface area contributed by atoms with Crippen LogP contribution in [0.5, 0.6) is 5.75 Å². The summed E-state index contributed by atoms with van der Waals surface area (Å²) in [7, 11) is 0. The normalized spacial score (nSPS) is 11.1. The summed E-state index contributed by atoms with van der Waals surface area (Å²) < 4.78 is 0. The van der Waals surface area contributed by atoms with Gasteiger partial charge in [0, 0.05) is 16.7 Å². The van der Waals surface area contributed by atoms with Crippen molar-refractivity contribution in [1.82, 2.24) is 5.43 Å². The molecule has 0 saturated heterocycles. The van der Waals surface area contributed by atoms with Crippen molar-refractivity contribution in [2.75, 3.05) is 5.32 Å². The molecule has 0 saturated carbocycles. The number of nitrogens with one attached hydrogen (secondary N) is 2. The van der Waals surface area contributed by atoms with Crippen LogP contribution >= 0.6 is 35.4 Å². The lowest BCUT2D eigenvalue weighted by Crippen LogP contribution is -2.25. The zero-order chi connectivity index (χ0) is 18.6. The van der Waals surface area contributed by atoms with E-state index in [1.54, 1.807) is 19.1 Å². The highest BCUT2D eigenvalue weighted by Crippen LogP contribution is 2.31. The van der Waals surface area contributed by atoms with E-state index in [1.807, 2.05) is 0 Å². The van der Waals surface area contributed by atoms with Gasteiger partial charge >= 0.3 is 0 Å². The Hall–Kier alpha value is -2.42. The first-order valence-electron chi connectivity index (χ1n) is 6.82. The van der Waals surface area contributed by atoms with Gasteiger partial charge in [0.2, 0.25) is 0 Å². The number of thiocarbonyl (C=S) groups is 1. The van der Waals surface area contributed by atoms with E-state index in [4.69, 9.17) is 35.4 Å². The van der Waals surface area contributed by atoms with Gasteiger partial charge in [-0.15, -0.1) is 0 Å². The number of phenolic OH excluding ortho intramolecular Hbond substituents is 1. The van der Waals surface area contributed by atoms with E-state index < -0.39 is 4.92 Å². The molecule has 0 atom stereocenters. The van der Waals surface area contributed by atoms with Crippen LogP contribution < -0.4 is 10.7 Å². The first-order chi connectivity index (χ1) is 11.8. The minimum absolute atomic E-state index is 0.0428. The van der Waals surface area contributed by atoms with Crippen molar-refractivity contribution in [2.45, 2.75) is 6.92 Å². The molecule has 0 aliphatic carbocycles. The number of nitro groups is 1. The van der Waals surface area contributed by atoms with Crippen LogP contribution in [0.15, 0.2) is 41.5 Å². The average molecular weight is 399 g/mol. The standard InChI is InChI=1S/C15H12Cl2N4O3S/c1-8(10-6-9(16)7-11(17)14(10)22)19-20-15(25)18-12-4-2-3-5-13(12)21(23)24/h2-7,22H,1H3,(H2,18,20,25)/b19-8+. The number of phenols is 1. The van der Waals surface area contributed by atoms with Crippen LogP contribution in [0.1, 0.15) is 12.5 Å². The number of nitrogens with zero attached hydrogens (tertiary/aromatic N) is 2. The number of halogens is 2. The Bertz CT molecular complexity index is 874. The maximum absolute atomic E-state index is 11.0. The van der Waals surface area contributed by atoms with Gasteiger partial charge in [-0.2, -0.15) is 5.10 Å². The summed E-state index contributed by atoms with van der Waals surface area (Å²) in [6.07, 6.45) is 0. The van der Waals surface area contributed by atoms with Gasteiger partial charge in [0.05, 0.1) is 15.7 Å². The lowest BCUT2D eigenvalue weighted by Gasteiger charge is -2.10. The highest BCUT2D eigenvalue weighted by Gasteiger charge is 2.14. The molecule has 0 aromatic heterocycles. The number of anilines is 1. The summed E-state index contributed by atoms with van der Waals surface area (Å²) >= 11 is 16.8. The van der Waals surface area contributed by atoms with Crippen LogP contribution in [0.4, 0.5) is 11.4 Å². The van der Waals surface area contributed by atoms with E-state index in [9.17, 15) is 15.2 Å². The minimum Gasteiger partial charge on any atom is -0.506 e. The van der Waals surface area contributed by atoms with Crippen molar-refractivity contribution in [3.05, 3.63) is 62.1 Å². The Morgan fingerprint density at radius 3 is 2.68 bits per heavy atom. The van der Waals surface area contributed by atoms with E-state index in [-0.39, 0.29) is 27.3 Å². The topological polar surface area (TPSA) is 99.8 Å². The zero-order valence-electron chi connectivity index (χ0n) is 12.8. The molecule has 0 amide bonds. The SMILES string of the molecule is C/C(=N\NC(=S)Nc1ccccc1[N+](=O)[O-])c1cc(Cl)cc(Cl)c1O. The van der Waals surface area contributed by atoms with Crippen molar-refractivity contribution in [3.63, 3.8) is 0 Å². The monoisotopic (exact) mass is 398 g/mol. The van der Waals surface area contributed by atoms with E-state index in [1.165, 1.54) is 24.3 Å². The largest absolute Gasteiger partial charge is 0.506 e. The summed E-state index contributed by atoms with van der Waals surface area (Å²) in [5, 5.41) is 28.1. The highest BCUT2D eigenvalue weighted by atomic mass is 35.5. The van der Waals surface area contributed by atoms with Gasteiger partial charge in [-0.3, -0.25) is 15.5 Å². The third-order valence-electron chi connectivity index (χ3n) is 3.09. The lowest BCUT2D eigenvalue weighted by molar-refractivity contribution is -0.383. The number of rotatable bonds is 4. The molecular weight excluding hydrogens is 387 g/mol. The summed E-state index contributed by atoms with van der Waals surface area (Å²) in [5.41, 5.74) is 3.36. The molecule has 0 aliphatic heterocycles. The highest BCUT2D eigenvalue weighted by molar-refractivity contribution is 7.80. The molecule has 0 heterocycles. The fourth-order valence-electron chi connectivity index (χ4n) is 1.93. The Morgan fingerprint density at radius 1 is 1.32 bits per heavy atom. The van der Waals surface area contributed by atoms with Gasteiger partial charge in [-0.1, -0.05) is 35.3 Å². The maximum atomic E-state index is 11.0. The molecule has 2 aromatic rings. The number of aromatic hydroxyl groups is 1. The van der Waals surface area contributed by atoms with E-state index in [0.717, 1.165) is 0 Å². The predicted octanol–water partition coefficient (Wildman–Crippen LogP) is 4.32. The number of hydrazone groups is 1. The van der Waals surface area contributed by atoms with Crippen molar-refractivity contribution >= 4 is 57.6 Å². The van der Waals surface area contributed by atoms with Crippen LogP contribution in [0.3, 0.4) is 0 Å². The van der Waals surface area contributed by atoms with Gasteiger partial charge in [0.1, 0.15) is 11.4 Å². The Morgan fingerprint density at radius 2 is 2.00 bits per heavy atom. The molecule has 0 bridgehead atoms. The van der Waals surface area contributed by atoms with Crippen LogP contribution in [0, 0.1) is 10.1 Å². The lowest BCUT2D eigenvalue weighted by atomic mass is 10.1. The first kappa shape index (κ1) is 18.9. The third-order valence-corrected chi connectivity index (χ3v) is 3.79. The fraction of sp³-hybridized carbons (Fsp3) is 0.0667. The van der Waals surface area contributed by atoms with Crippen LogP contribution in [-0.4, -0.2) is 20.9 Å². The van der Waals surface area contributed by atoms with Gasteiger partial charge < -0.3 is 10.4 Å². The van der Waals surface area contributed by atoms with Crippen LogP contribution in [0.2, 0.25) is 10.0 Å². The average Bonchev–Trinajstić information content (AvgIpc) is 2.56. The second kappa shape index (κ2) is 8.11. The molecule has 0 aliphatic rings. The number of hydrogen-bond donors (Lipinski definition) is 3. The molecule has 25 heavy (non-hydrogen) atoms. The van der Waals surface area contributed by atoms with Crippen molar-refractivity contribution in [1.29, 1.82) is 0 Å². The van der Waals surface area contributed by atoms with Gasteiger partial charge in [-0.05, 0) is 37.3 Å². The first-order valence-corrected chi connectivity index (χ1v) is 7.99. The molecular formula is C15H12Cl2N4O3S. The molecule has 2 rings (SSSR count). The molecule has 3 N–H and O–H groups in total. The molecule has 2 aromatic carbocycles. The Kier molecular flexibility index (Phi) is 6.13. The molecule has 0 fully saturated rings. The van der Waals surface area contributed by atoms with Gasteiger partial charge in [0.15, 0.2) is 5.11 Å². The van der Waals surface area contributed by atoms with E-state index >= 15 is 0 Å². The summed E-state index contributed by atoms with van der Waals surface area (Å²) in [4.78, 5) is 10.5. The number of nitro benzene ring substituents is 1. The summed E-state index contributed by atoms with van der Waals surface area (Å²) in [6, 6.07) is 8.97. The van der Waals surface area contributed by atoms with Crippen molar-refractivity contribution in [2.24, 2.45) is 5.10 Å². The summed E-state index contributed by atoms with van der Waals surface area (Å²) in [5.74, 6) is -0.160. The summed E-state index contributed by atoms with van der Waals surface area (Å²) in [6.45, 7) is 1.61. The van der Waals surface area contributed by atoms with E-state index in [0.29, 0.717) is 16.3 Å². The third kappa shape index (κ3) is 4.79. The fourth-order valence-corrected chi connectivity index (χ4v) is 2.57. The molecule has 10 heteroatoms. The van der Waals surface area contributed by atoms with Crippen molar-refractivity contribution in [3.8, 4) is 5.75 Å². The van der Waals surface area contributed by atoms with Crippen LogP contribution in [-0.2, 0) is 0 Å². The molecule has 0 radical (unpaired) electrons.